The number of hydrogen-bond acceptors (Lipinski definition) is 3. The van der Waals surface area contributed by atoms with Crippen molar-refractivity contribution in [2.45, 2.75) is 6.42 Å². The third kappa shape index (κ3) is 3.67. The molecule has 0 spiro atoms. The van der Waals surface area contributed by atoms with E-state index in [1.165, 1.54) is 0 Å². The number of methoxy groups -OCH3 is 1. The van der Waals surface area contributed by atoms with Crippen molar-refractivity contribution in [1.82, 2.24) is 0 Å². The summed E-state index contributed by atoms with van der Waals surface area (Å²) in [5, 5.41) is 0.591. The van der Waals surface area contributed by atoms with Gasteiger partial charge in [0.2, 0.25) is 0 Å². The van der Waals surface area contributed by atoms with Crippen LogP contribution in [0.2, 0.25) is 10.0 Å². The summed E-state index contributed by atoms with van der Waals surface area (Å²) in [4.78, 5) is 10.6. The van der Waals surface area contributed by atoms with Gasteiger partial charge < -0.3 is 9.47 Å². The minimum Gasteiger partial charge on any atom is -0.493 e. The number of carbonyl (C=O) groups excluding carboxylic acids is 1. The standard InChI is InChI=1S/C11H12Cl2O3/c1-15-3-2-4-16-8-5-10(12)9(7-14)11(13)6-8/h5-7H,2-4H2,1H3. The zero-order valence-electron chi connectivity index (χ0n) is 8.83. The van der Waals surface area contributed by atoms with Crippen LogP contribution in [0.25, 0.3) is 0 Å². The van der Waals surface area contributed by atoms with Gasteiger partial charge in [-0.05, 0) is 12.1 Å². The maximum atomic E-state index is 10.6. The Morgan fingerprint density at radius 2 is 1.88 bits per heavy atom. The highest BCUT2D eigenvalue weighted by atomic mass is 35.5. The van der Waals surface area contributed by atoms with Gasteiger partial charge in [0.15, 0.2) is 6.29 Å². The van der Waals surface area contributed by atoms with Crippen LogP contribution >= 0.6 is 23.2 Å². The first-order valence-electron chi connectivity index (χ1n) is 4.75. The van der Waals surface area contributed by atoms with Gasteiger partial charge in [-0.1, -0.05) is 23.2 Å². The molecule has 0 fully saturated rings. The Morgan fingerprint density at radius 3 is 2.38 bits per heavy atom. The second-order valence-corrected chi connectivity index (χ2v) is 3.93. The molecule has 0 N–H and O–H groups in total. The Balaban J connectivity index is 2.65. The Labute approximate surface area is 104 Å². The molecule has 0 atom stereocenters. The molecule has 0 aromatic heterocycles. The summed E-state index contributed by atoms with van der Waals surface area (Å²) in [5.74, 6) is 0.553. The molecule has 3 nitrogen and oxygen atoms in total. The Hall–Kier alpha value is -0.770. The van der Waals surface area contributed by atoms with Gasteiger partial charge in [-0.2, -0.15) is 0 Å². The first-order valence-corrected chi connectivity index (χ1v) is 5.50. The van der Waals surface area contributed by atoms with Crippen molar-refractivity contribution in [2.75, 3.05) is 20.3 Å². The van der Waals surface area contributed by atoms with Crippen LogP contribution in [0.4, 0.5) is 0 Å². The average Bonchev–Trinajstić information content (AvgIpc) is 2.24. The van der Waals surface area contributed by atoms with Gasteiger partial charge in [-0.3, -0.25) is 4.79 Å². The minimum absolute atomic E-state index is 0.285. The first kappa shape index (κ1) is 13.3. The highest BCUT2D eigenvalue weighted by Gasteiger charge is 2.07. The number of hydrogen-bond donors (Lipinski definition) is 0. The summed E-state index contributed by atoms with van der Waals surface area (Å²) < 4.78 is 10.3. The summed E-state index contributed by atoms with van der Waals surface area (Å²) >= 11 is 11.7. The molecular formula is C11H12Cl2O3. The van der Waals surface area contributed by atoms with E-state index in [-0.39, 0.29) is 5.56 Å². The molecule has 0 amide bonds. The van der Waals surface area contributed by atoms with Crippen LogP contribution in [0.1, 0.15) is 16.8 Å². The number of carbonyl (C=O) groups is 1. The predicted molar refractivity (Wildman–Crippen MR) is 63.8 cm³/mol. The zero-order chi connectivity index (χ0) is 12.0. The average molecular weight is 263 g/mol. The summed E-state index contributed by atoms with van der Waals surface area (Å²) in [6.45, 7) is 1.15. The van der Waals surface area contributed by atoms with E-state index in [1.54, 1.807) is 19.2 Å². The van der Waals surface area contributed by atoms with Gasteiger partial charge >= 0.3 is 0 Å². The summed E-state index contributed by atoms with van der Waals surface area (Å²) in [5.41, 5.74) is 0.285. The van der Waals surface area contributed by atoms with Crippen LogP contribution in [0, 0.1) is 0 Å². The Bertz CT molecular complexity index is 343. The monoisotopic (exact) mass is 262 g/mol. The van der Waals surface area contributed by atoms with E-state index in [0.29, 0.717) is 35.3 Å². The molecule has 0 saturated carbocycles. The molecule has 0 aliphatic heterocycles. The van der Waals surface area contributed by atoms with Crippen molar-refractivity contribution < 1.29 is 14.3 Å². The van der Waals surface area contributed by atoms with E-state index in [0.717, 1.165) is 6.42 Å². The first-order chi connectivity index (χ1) is 7.69. The van der Waals surface area contributed by atoms with Crippen molar-refractivity contribution >= 4 is 29.5 Å². The largest absolute Gasteiger partial charge is 0.493 e. The molecule has 0 radical (unpaired) electrons. The van der Waals surface area contributed by atoms with Gasteiger partial charge in [-0.25, -0.2) is 0 Å². The quantitative estimate of drug-likeness (QED) is 0.584. The lowest BCUT2D eigenvalue weighted by Gasteiger charge is -2.08. The topological polar surface area (TPSA) is 35.5 Å². The van der Waals surface area contributed by atoms with Crippen LogP contribution in [0.5, 0.6) is 5.75 Å². The van der Waals surface area contributed by atoms with Crippen LogP contribution in [-0.2, 0) is 4.74 Å². The molecule has 0 heterocycles. The van der Waals surface area contributed by atoms with E-state index < -0.39 is 0 Å². The third-order valence-electron chi connectivity index (χ3n) is 1.93. The molecule has 0 bridgehead atoms. The zero-order valence-corrected chi connectivity index (χ0v) is 10.3. The Morgan fingerprint density at radius 1 is 1.25 bits per heavy atom. The molecule has 16 heavy (non-hydrogen) atoms. The van der Waals surface area contributed by atoms with E-state index in [4.69, 9.17) is 32.7 Å². The fourth-order valence-corrected chi connectivity index (χ4v) is 1.71. The normalized spacial score (nSPS) is 10.2. The summed E-state index contributed by atoms with van der Waals surface area (Å²) in [6, 6.07) is 3.15. The molecule has 0 aliphatic rings. The van der Waals surface area contributed by atoms with Crippen LogP contribution in [0.3, 0.4) is 0 Å². The molecular weight excluding hydrogens is 251 g/mol. The molecule has 0 saturated heterocycles. The molecule has 5 heteroatoms. The fourth-order valence-electron chi connectivity index (χ4n) is 1.15. The van der Waals surface area contributed by atoms with Crippen molar-refractivity contribution in [3.8, 4) is 5.75 Å². The van der Waals surface area contributed by atoms with Gasteiger partial charge in [0.25, 0.3) is 0 Å². The van der Waals surface area contributed by atoms with Crippen molar-refractivity contribution in [1.29, 1.82) is 0 Å². The molecule has 1 rings (SSSR count). The second kappa shape index (κ2) is 6.74. The number of ether oxygens (including phenoxy) is 2. The smallest absolute Gasteiger partial charge is 0.153 e. The number of benzene rings is 1. The molecule has 0 aliphatic carbocycles. The van der Waals surface area contributed by atoms with Crippen molar-refractivity contribution in [3.05, 3.63) is 27.7 Å². The van der Waals surface area contributed by atoms with Crippen molar-refractivity contribution in [3.63, 3.8) is 0 Å². The SMILES string of the molecule is COCCCOc1cc(Cl)c(C=O)c(Cl)c1. The highest BCUT2D eigenvalue weighted by molar-refractivity contribution is 6.38. The van der Waals surface area contributed by atoms with E-state index in [1.807, 2.05) is 0 Å². The maximum absolute atomic E-state index is 10.6. The summed E-state index contributed by atoms with van der Waals surface area (Å²) in [6.07, 6.45) is 1.40. The minimum atomic E-state index is 0.285. The Kier molecular flexibility index (Phi) is 5.60. The predicted octanol–water partition coefficient (Wildman–Crippen LogP) is 3.22. The lowest BCUT2D eigenvalue weighted by molar-refractivity contribution is 0.112. The molecule has 0 unspecified atom stereocenters. The molecule has 88 valence electrons. The number of aldehydes is 1. The van der Waals surface area contributed by atoms with Crippen LogP contribution < -0.4 is 4.74 Å². The third-order valence-corrected chi connectivity index (χ3v) is 2.56. The highest BCUT2D eigenvalue weighted by Crippen LogP contribution is 2.28. The van der Waals surface area contributed by atoms with Gasteiger partial charge in [0.1, 0.15) is 5.75 Å². The second-order valence-electron chi connectivity index (χ2n) is 3.11. The lowest BCUT2D eigenvalue weighted by Crippen LogP contribution is -2.01. The van der Waals surface area contributed by atoms with Gasteiger partial charge in [0.05, 0.1) is 22.2 Å². The van der Waals surface area contributed by atoms with Crippen LogP contribution in [0.15, 0.2) is 12.1 Å². The number of halogens is 2. The fraction of sp³-hybridized carbons (Fsp3) is 0.364. The van der Waals surface area contributed by atoms with Gasteiger partial charge in [-0.15, -0.1) is 0 Å². The van der Waals surface area contributed by atoms with Crippen LogP contribution in [-0.4, -0.2) is 26.6 Å². The molecule has 1 aromatic carbocycles. The van der Waals surface area contributed by atoms with E-state index >= 15 is 0 Å². The number of rotatable bonds is 6. The van der Waals surface area contributed by atoms with Gasteiger partial charge in [0, 0.05) is 20.1 Å². The van der Waals surface area contributed by atoms with E-state index in [9.17, 15) is 4.79 Å². The maximum Gasteiger partial charge on any atom is 0.153 e. The van der Waals surface area contributed by atoms with Crippen molar-refractivity contribution in [2.24, 2.45) is 0 Å². The lowest BCUT2D eigenvalue weighted by atomic mass is 10.2. The molecule has 1 aromatic rings. The van der Waals surface area contributed by atoms with E-state index in [2.05, 4.69) is 0 Å². The summed E-state index contributed by atoms with van der Waals surface area (Å²) in [7, 11) is 1.63.